The Morgan fingerprint density at radius 3 is 2.84 bits per heavy atom. The van der Waals surface area contributed by atoms with Crippen molar-refractivity contribution in [1.82, 2.24) is 4.98 Å². The highest BCUT2D eigenvalue weighted by atomic mass is 35.5. The molecule has 2 N–H and O–H groups in total. The van der Waals surface area contributed by atoms with Crippen LogP contribution < -0.4 is 10.5 Å². The van der Waals surface area contributed by atoms with Crippen molar-refractivity contribution in [3.8, 4) is 5.75 Å². The standard InChI is InChI=1S/C13H13ClN2O3/c1-3-19-13(17)7-6-16-12-8(14)4-5-9(18-2)10(12)11(7)15/h4-6H,3H2,1-2H3,(H2,15,16). The van der Waals surface area contributed by atoms with Crippen LogP contribution in [0.5, 0.6) is 5.75 Å². The number of nitrogens with zero attached hydrogens (tertiary/aromatic N) is 1. The van der Waals surface area contributed by atoms with Gasteiger partial charge in [0.15, 0.2) is 0 Å². The fourth-order valence-corrected chi connectivity index (χ4v) is 2.01. The zero-order valence-electron chi connectivity index (χ0n) is 10.6. The Morgan fingerprint density at radius 2 is 2.21 bits per heavy atom. The highest BCUT2D eigenvalue weighted by Crippen LogP contribution is 2.35. The average Bonchev–Trinajstić information content (AvgIpc) is 2.40. The number of carbonyl (C=O) groups excluding carboxylic acids is 1. The first-order valence-corrected chi connectivity index (χ1v) is 6.05. The van der Waals surface area contributed by atoms with Crippen LogP contribution >= 0.6 is 11.6 Å². The number of nitrogen functional groups attached to an aromatic ring is 1. The SMILES string of the molecule is CCOC(=O)c1cnc2c(Cl)ccc(OC)c2c1N. The number of carbonyl (C=O) groups is 1. The molecule has 0 spiro atoms. The molecule has 0 saturated carbocycles. The van der Waals surface area contributed by atoms with E-state index >= 15 is 0 Å². The van der Waals surface area contributed by atoms with Crippen molar-refractivity contribution >= 4 is 34.2 Å². The molecule has 0 bridgehead atoms. The summed E-state index contributed by atoms with van der Waals surface area (Å²) in [6.45, 7) is 1.99. The second kappa shape index (κ2) is 5.32. The van der Waals surface area contributed by atoms with Gasteiger partial charge in [-0.25, -0.2) is 4.79 Å². The maximum Gasteiger partial charge on any atom is 0.341 e. The molecule has 0 fully saturated rings. The first kappa shape index (κ1) is 13.4. The van der Waals surface area contributed by atoms with E-state index in [0.29, 0.717) is 21.7 Å². The molecule has 19 heavy (non-hydrogen) atoms. The number of pyridine rings is 1. The van der Waals surface area contributed by atoms with Gasteiger partial charge in [0.25, 0.3) is 0 Å². The largest absolute Gasteiger partial charge is 0.496 e. The Morgan fingerprint density at radius 1 is 1.47 bits per heavy atom. The number of anilines is 1. The fourth-order valence-electron chi connectivity index (χ4n) is 1.81. The molecular formula is C13H13ClN2O3. The van der Waals surface area contributed by atoms with Crippen LogP contribution in [0.15, 0.2) is 18.3 Å². The fraction of sp³-hybridized carbons (Fsp3) is 0.231. The van der Waals surface area contributed by atoms with E-state index < -0.39 is 5.97 Å². The maximum atomic E-state index is 11.8. The number of hydrogen-bond acceptors (Lipinski definition) is 5. The van der Waals surface area contributed by atoms with E-state index in [1.54, 1.807) is 19.1 Å². The van der Waals surface area contributed by atoms with Gasteiger partial charge < -0.3 is 15.2 Å². The molecule has 0 aliphatic heterocycles. The second-order valence-corrected chi connectivity index (χ2v) is 4.19. The molecule has 0 atom stereocenters. The zero-order valence-corrected chi connectivity index (χ0v) is 11.3. The predicted molar refractivity (Wildman–Crippen MR) is 73.7 cm³/mol. The molecule has 2 rings (SSSR count). The molecule has 1 heterocycles. The third-order valence-corrected chi connectivity index (χ3v) is 2.99. The van der Waals surface area contributed by atoms with Gasteiger partial charge in [0.05, 0.1) is 35.3 Å². The smallest absolute Gasteiger partial charge is 0.341 e. The number of hydrogen-bond donors (Lipinski definition) is 1. The lowest BCUT2D eigenvalue weighted by Crippen LogP contribution is -2.09. The van der Waals surface area contributed by atoms with E-state index in [1.807, 2.05) is 0 Å². The van der Waals surface area contributed by atoms with Gasteiger partial charge in [-0.2, -0.15) is 0 Å². The number of aromatic nitrogens is 1. The van der Waals surface area contributed by atoms with Crippen LogP contribution in [-0.4, -0.2) is 24.7 Å². The number of benzene rings is 1. The molecular weight excluding hydrogens is 268 g/mol. The van der Waals surface area contributed by atoms with Crippen LogP contribution in [0.3, 0.4) is 0 Å². The molecule has 0 unspecified atom stereocenters. The third-order valence-electron chi connectivity index (χ3n) is 2.69. The van der Waals surface area contributed by atoms with Gasteiger partial charge in [-0.15, -0.1) is 0 Å². The number of nitrogens with two attached hydrogens (primary N) is 1. The van der Waals surface area contributed by atoms with Crippen molar-refractivity contribution in [2.45, 2.75) is 6.92 Å². The minimum absolute atomic E-state index is 0.204. The number of methoxy groups -OCH3 is 1. The lowest BCUT2D eigenvalue weighted by Gasteiger charge is -2.11. The Bertz CT molecular complexity index is 643. The van der Waals surface area contributed by atoms with Crippen LogP contribution in [0.25, 0.3) is 10.9 Å². The van der Waals surface area contributed by atoms with Gasteiger partial charge in [0.1, 0.15) is 11.3 Å². The van der Waals surface area contributed by atoms with E-state index in [4.69, 9.17) is 26.8 Å². The van der Waals surface area contributed by atoms with Crippen LogP contribution in [-0.2, 0) is 4.74 Å². The molecule has 0 aliphatic rings. The van der Waals surface area contributed by atoms with Crippen molar-refractivity contribution in [3.05, 3.63) is 28.9 Å². The van der Waals surface area contributed by atoms with E-state index in [1.165, 1.54) is 13.3 Å². The molecule has 2 aromatic rings. The highest BCUT2D eigenvalue weighted by molar-refractivity contribution is 6.35. The number of rotatable bonds is 3. The normalized spacial score (nSPS) is 10.5. The van der Waals surface area contributed by atoms with Gasteiger partial charge in [-0.1, -0.05) is 11.6 Å². The van der Waals surface area contributed by atoms with Gasteiger partial charge in [-0.3, -0.25) is 4.98 Å². The van der Waals surface area contributed by atoms with E-state index in [2.05, 4.69) is 4.98 Å². The molecule has 1 aromatic carbocycles. The van der Waals surface area contributed by atoms with Crippen molar-refractivity contribution in [1.29, 1.82) is 0 Å². The molecule has 100 valence electrons. The number of esters is 1. The summed E-state index contributed by atoms with van der Waals surface area (Å²) in [4.78, 5) is 15.9. The third kappa shape index (κ3) is 2.29. The molecule has 6 heteroatoms. The molecule has 0 aliphatic carbocycles. The second-order valence-electron chi connectivity index (χ2n) is 3.78. The van der Waals surface area contributed by atoms with Crippen molar-refractivity contribution in [2.24, 2.45) is 0 Å². The zero-order chi connectivity index (χ0) is 14.0. The minimum Gasteiger partial charge on any atom is -0.496 e. The number of ether oxygens (including phenoxy) is 2. The first-order valence-electron chi connectivity index (χ1n) is 5.68. The van der Waals surface area contributed by atoms with Gasteiger partial charge >= 0.3 is 5.97 Å². The maximum absolute atomic E-state index is 11.8. The van der Waals surface area contributed by atoms with E-state index in [9.17, 15) is 4.79 Å². The molecule has 1 aromatic heterocycles. The van der Waals surface area contributed by atoms with E-state index in [-0.39, 0.29) is 17.9 Å². The van der Waals surface area contributed by atoms with Gasteiger partial charge in [0, 0.05) is 6.20 Å². The van der Waals surface area contributed by atoms with Gasteiger partial charge in [-0.05, 0) is 19.1 Å². The number of halogens is 1. The molecule has 5 nitrogen and oxygen atoms in total. The molecule has 0 radical (unpaired) electrons. The lowest BCUT2D eigenvalue weighted by atomic mass is 10.1. The quantitative estimate of drug-likeness (QED) is 0.875. The highest BCUT2D eigenvalue weighted by Gasteiger charge is 2.18. The Kier molecular flexibility index (Phi) is 3.76. The minimum atomic E-state index is -0.517. The van der Waals surface area contributed by atoms with Crippen molar-refractivity contribution < 1.29 is 14.3 Å². The summed E-state index contributed by atoms with van der Waals surface area (Å²) < 4.78 is 10.2. The summed E-state index contributed by atoms with van der Waals surface area (Å²) in [7, 11) is 1.51. The van der Waals surface area contributed by atoms with Crippen LogP contribution in [0, 0.1) is 0 Å². The Labute approximate surface area is 115 Å². The summed E-state index contributed by atoms with van der Waals surface area (Å²) in [6.07, 6.45) is 1.36. The van der Waals surface area contributed by atoms with Crippen LogP contribution in [0.4, 0.5) is 5.69 Å². The summed E-state index contributed by atoms with van der Waals surface area (Å²) >= 11 is 6.06. The molecule has 0 saturated heterocycles. The van der Waals surface area contributed by atoms with Crippen LogP contribution in [0.1, 0.15) is 17.3 Å². The summed E-state index contributed by atoms with van der Waals surface area (Å²) in [5, 5.41) is 0.957. The average molecular weight is 281 g/mol. The summed E-state index contributed by atoms with van der Waals surface area (Å²) in [5.74, 6) is -0.00743. The topological polar surface area (TPSA) is 74.4 Å². The lowest BCUT2D eigenvalue weighted by molar-refractivity contribution is 0.0527. The molecule has 0 amide bonds. The first-order chi connectivity index (χ1) is 9.10. The van der Waals surface area contributed by atoms with Crippen LogP contribution in [0.2, 0.25) is 5.02 Å². The number of fused-ring (bicyclic) bond motifs is 1. The van der Waals surface area contributed by atoms with Gasteiger partial charge in [0.2, 0.25) is 0 Å². The van der Waals surface area contributed by atoms with Crippen molar-refractivity contribution in [2.75, 3.05) is 19.5 Å². The summed E-state index contributed by atoms with van der Waals surface area (Å²) in [5.41, 5.74) is 6.96. The predicted octanol–water partition coefficient (Wildman–Crippen LogP) is 2.66. The monoisotopic (exact) mass is 280 g/mol. The summed E-state index contributed by atoms with van der Waals surface area (Å²) in [6, 6.07) is 3.34. The van der Waals surface area contributed by atoms with E-state index in [0.717, 1.165) is 0 Å². The Hall–Kier alpha value is -2.01. The Balaban J connectivity index is 2.73. The van der Waals surface area contributed by atoms with Crippen molar-refractivity contribution in [3.63, 3.8) is 0 Å².